The van der Waals surface area contributed by atoms with Crippen molar-refractivity contribution in [1.29, 1.82) is 0 Å². The molecule has 1 saturated heterocycles. The van der Waals surface area contributed by atoms with Gasteiger partial charge in [0.2, 0.25) is 0 Å². The van der Waals surface area contributed by atoms with E-state index in [9.17, 15) is 4.79 Å². The van der Waals surface area contributed by atoms with E-state index in [4.69, 9.17) is 4.98 Å². The molecule has 24 heavy (non-hydrogen) atoms. The predicted molar refractivity (Wildman–Crippen MR) is 107 cm³/mol. The molecule has 1 amide bonds. The average Bonchev–Trinajstić information content (AvgIpc) is 3.05. The molecule has 1 atom stereocenters. The molecule has 1 aromatic heterocycles. The highest BCUT2D eigenvalue weighted by molar-refractivity contribution is 14.1. The van der Waals surface area contributed by atoms with Gasteiger partial charge in [0, 0.05) is 28.1 Å². The molecule has 1 aliphatic rings. The van der Waals surface area contributed by atoms with Crippen molar-refractivity contribution >= 4 is 50.1 Å². The fourth-order valence-electron chi connectivity index (χ4n) is 3.23. The monoisotopic (exact) mass is 448 g/mol. The standard InChI is InChI=1S/C19H17IN2OS/c20-15-7-3-5-13(11-15)19(23)22-10-4-6-14(12-22)18-21-16-8-1-2-9-17(16)24-18/h1-3,5,7-9,11,14H,4,6,10,12H2/t14-/m1/s1. The summed E-state index contributed by atoms with van der Waals surface area (Å²) in [6, 6.07) is 16.1. The predicted octanol–water partition coefficient (Wildman–Crippen LogP) is 4.92. The minimum atomic E-state index is 0.138. The number of hydrogen-bond donors (Lipinski definition) is 0. The number of hydrogen-bond acceptors (Lipinski definition) is 3. The van der Waals surface area contributed by atoms with Crippen LogP contribution in [-0.4, -0.2) is 28.9 Å². The van der Waals surface area contributed by atoms with Crippen molar-refractivity contribution in [3.8, 4) is 0 Å². The highest BCUT2D eigenvalue weighted by Crippen LogP contribution is 2.33. The van der Waals surface area contributed by atoms with E-state index in [0.29, 0.717) is 5.92 Å². The van der Waals surface area contributed by atoms with Gasteiger partial charge < -0.3 is 4.90 Å². The molecule has 1 fully saturated rings. The van der Waals surface area contributed by atoms with Gasteiger partial charge in [0.25, 0.3) is 5.91 Å². The number of thiazole rings is 1. The van der Waals surface area contributed by atoms with Gasteiger partial charge in [0.05, 0.1) is 15.2 Å². The number of aromatic nitrogens is 1. The second-order valence-electron chi connectivity index (χ2n) is 6.12. The van der Waals surface area contributed by atoms with E-state index in [2.05, 4.69) is 40.8 Å². The molecule has 0 radical (unpaired) electrons. The fourth-order valence-corrected chi connectivity index (χ4v) is 4.87. The smallest absolute Gasteiger partial charge is 0.253 e. The van der Waals surface area contributed by atoms with Gasteiger partial charge in [-0.3, -0.25) is 4.79 Å². The van der Waals surface area contributed by atoms with Crippen LogP contribution < -0.4 is 0 Å². The molecule has 1 aliphatic heterocycles. The van der Waals surface area contributed by atoms with Crippen molar-refractivity contribution in [2.45, 2.75) is 18.8 Å². The molecule has 0 saturated carbocycles. The molecule has 122 valence electrons. The van der Waals surface area contributed by atoms with E-state index in [1.807, 2.05) is 35.2 Å². The number of fused-ring (bicyclic) bond motifs is 1. The highest BCUT2D eigenvalue weighted by atomic mass is 127. The van der Waals surface area contributed by atoms with Crippen LogP contribution in [0.5, 0.6) is 0 Å². The lowest BCUT2D eigenvalue weighted by Crippen LogP contribution is -2.39. The Morgan fingerprint density at radius 3 is 2.92 bits per heavy atom. The van der Waals surface area contributed by atoms with Crippen molar-refractivity contribution in [3.05, 3.63) is 62.7 Å². The Labute approximate surface area is 158 Å². The van der Waals surface area contributed by atoms with Gasteiger partial charge in [-0.15, -0.1) is 11.3 Å². The third-order valence-electron chi connectivity index (χ3n) is 4.44. The molecule has 5 heteroatoms. The fraction of sp³-hybridized carbons (Fsp3) is 0.263. The zero-order chi connectivity index (χ0) is 16.5. The molecular weight excluding hydrogens is 431 g/mol. The van der Waals surface area contributed by atoms with E-state index >= 15 is 0 Å². The number of para-hydroxylation sites is 1. The van der Waals surface area contributed by atoms with E-state index in [1.54, 1.807) is 11.3 Å². The SMILES string of the molecule is O=C(c1cccc(I)c1)N1CCC[C@@H](c2nc3ccccc3s2)C1. The highest BCUT2D eigenvalue weighted by Gasteiger charge is 2.27. The second-order valence-corrected chi connectivity index (χ2v) is 8.43. The van der Waals surface area contributed by atoms with Crippen molar-refractivity contribution in [2.24, 2.45) is 0 Å². The Hall–Kier alpha value is -1.47. The molecule has 2 aromatic carbocycles. The molecule has 0 bridgehead atoms. The number of rotatable bonds is 2. The van der Waals surface area contributed by atoms with Crippen LogP contribution >= 0.6 is 33.9 Å². The number of likely N-dealkylation sites (tertiary alicyclic amines) is 1. The topological polar surface area (TPSA) is 33.2 Å². The Morgan fingerprint density at radius 1 is 1.21 bits per heavy atom. The number of benzene rings is 2. The minimum Gasteiger partial charge on any atom is -0.338 e. The lowest BCUT2D eigenvalue weighted by Gasteiger charge is -2.32. The minimum absolute atomic E-state index is 0.138. The summed E-state index contributed by atoms with van der Waals surface area (Å²) in [5, 5.41) is 1.16. The number of amides is 1. The second kappa shape index (κ2) is 6.80. The van der Waals surface area contributed by atoms with E-state index in [0.717, 1.165) is 45.6 Å². The van der Waals surface area contributed by atoms with Crippen molar-refractivity contribution in [2.75, 3.05) is 13.1 Å². The van der Waals surface area contributed by atoms with Crippen LogP contribution in [-0.2, 0) is 0 Å². The summed E-state index contributed by atoms with van der Waals surface area (Å²) in [6.45, 7) is 1.61. The summed E-state index contributed by atoms with van der Waals surface area (Å²) in [5.41, 5.74) is 1.85. The number of halogens is 1. The van der Waals surface area contributed by atoms with Gasteiger partial charge in [-0.25, -0.2) is 4.98 Å². The molecule has 0 unspecified atom stereocenters. The molecular formula is C19H17IN2OS. The zero-order valence-electron chi connectivity index (χ0n) is 13.1. The van der Waals surface area contributed by atoms with Gasteiger partial charge in [-0.2, -0.15) is 0 Å². The molecule has 3 aromatic rings. The van der Waals surface area contributed by atoms with Crippen LogP contribution in [0.1, 0.15) is 34.1 Å². The van der Waals surface area contributed by atoms with Crippen LogP contribution in [0.25, 0.3) is 10.2 Å². The summed E-state index contributed by atoms with van der Waals surface area (Å²) >= 11 is 4.02. The first-order valence-corrected chi connectivity index (χ1v) is 10.0. The van der Waals surface area contributed by atoms with Crippen LogP contribution in [0.3, 0.4) is 0 Å². The van der Waals surface area contributed by atoms with Gasteiger partial charge in [0.15, 0.2) is 0 Å². The van der Waals surface area contributed by atoms with E-state index in [-0.39, 0.29) is 5.91 Å². The first-order valence-electron chi connectivity index (χ1n) is 8.11. The van der Waals surface area contributed by atoms with Gasteiger partial charge >= 0.3 is 0 Å². The third kappa shape index (κ3) is 3.19. The van der Waals surface area contributed by atoms with Gasteiger partial charge in [-0.05, 0) is 65.8 Å². The number of carbonyl (C=O) groups is 1. The Morgan fingerprint density at radius 2 is 2.08 bits per heavy atom. The van der Waals surface area contributed by atoms with Crippen molar-refractivity contribution in [3.63, 3.8) is 0 Å². The molecule has 2 heterocycles. The number of nitrogens with zero attached hydrogens (tertiary/aromatic N) is 2. The van der Waals surface area contributed by atoms with Crippen LogP contribution in [0.4, 0.5) is 0 Å². The van der Waals surface area contributed by atoms with E-state index in [1.165, 1.54) is 4.70 Å². The first kappa shape index (κ1) is 16.0. The summed E-state index contributed by atoms with van der Waals surface area (Å²) in [6.07, 6.45) is 2.15. The summed E-state index contributed by atoms with van der Waals surface area (Å²) in [7, 11) is 0. The Bertz CT molecular complexity index is 859. The lowest BCUT2D eigenvalue weighted by molar-refractivity contribution is 0.0707. The molecule has 4 rings (SSSR count). The van der Waals surface area contributed by atoms with E-state index < -0.39 is 0 Å². The molecule has 0 spiro atoms. The quantitative estimate of drug-likeness (QED) is 0.522. The van der Waals surface area contributed by atoms with Crippen molar-refractivity contribution in [1.82, 2.24) is 9.88 Å². The average molecular weight is 448 g/mol. The normalized spacial score (nSPS) is 18.0. The zero-order valence-corrected chi connectivity index (χ0v) is 16.1. The number of piperidine rings is 1. The molecule has 0 N–H and O–H groups in total. The lowest BCUT2D eigenvalue weighted by atomic mass is 9.98. The van der Waals surface area contributed by atoms with Crippen molar-refractivity contribution < 1.29 is 4.79 Å². The van der Waals surface area contributed by atoms with Crippen LogP contribution in [0.2, 0.25) is 0 Å². The first-order chi connectivity index (χ1) is 11.7. The summed E-state index contributed by atoms with van der Waals surface area (Å²) in [4.78, 5) is 19.6. The molecule has 3 nitrogen and oxygen atoms in total. The third-order valence-corrected chi connectivity index (χ3v) is 6.31. The summed E-state index contributed by atoms with van der Waals surface area (Å²) in [5.74, 6) is 0.488. The Kier molecular flexibility index (Phi) is 4.54. The molecule has 0 aliphatic carbocycles. The van der Waals surface area contributed by atoms with Crippen LogP contribution in [0.15, 0.2) is 48.5 Å². The van der Waals surface area contributed by atoms with Gasteiger partial charge in [0.1, 0.15) is 0 Å². The van der Waals surface area contributed by atoms with Crippen LogP contribution in [0, 0.1) is 3.57 Å². The summed E-state index contributed by atoms with van der Waals surface area (Å²) < 4.78 is 2.33. The largest absolute Gasteiger partial charge is 0.338 e. The number of carbonyl (C=O) groups excluding carboxylic acids is 1. The maximum Gasteiger partial charge on any atom is 0.253 e. The maximum absolute atomic E-state index is 12.8. The maximum atomic E-state index is 12.8. The Balaban J connectivity index is 1.56. The van der Waals surface area contributed by atoms with Gasteiger partial charge in [-0.1, -0.05) is 18.2 Å².